The second kappa shape index (κ2) is 11.7. The van der Waals surface area contributed by atoms with Crippen molar-refractivity contribution in [3.8, 4) is 11.5 Å². The lowest BCUT2D eigenvalue weighted by Crippen LogP contribution is -2.49. The fourth-order valence-corrected chi connectivity index (χ4v) is 8.27. The van der Waals surface area contributed by atoms with E-state index in [1.54, 1.807) is 31.2 Å². The number of imide groups is 2. The number of halogens is 2. The predicted molar refractivity (Wildman–Crippen MR) is 176 cm³/mol. The van der Waals surface area contributed by atoms with Crippen LogP contribution >= 0.6 is 11.6 Å². The van der Waals surface area contributed by atoms with Crippen LogP contribution in [-0.2, 0) is 19.2 Å². The first kappa shape index (κ1) is 32.2. The third kappa shape index (κ3) is 4.84. The van der Waals surface area contributed by atoms with Gasteiger partial charge in [-0.2, -0.15) is 0 Å². The third-order valence-electron chi connectivity index (χ3n) is 10.5. The molecule has 2 aliphatic heterocycles. The SMILES string of the molecule is COc1cc(C=CC2C3=CCC4C(=O)N(c5cccc([N+](=O)[O-])c5)C(=O)C4C3CC3C(=O)N(c4ccc(F)c(Cl)c4)C(=O)C23C)ccc1O. The summed E-state index contributed by atoms with van der Waals surface area (Å²) in [5.74, 6) is -6.51. The van der Waals surface area contributed by atoms with E-state index in [1.165, 1.54) is 49.6 Å². The Labute approximate surface area is 284 Å². The van der Waals surface area contributed by atoms with Gasteiger partial charge in [0.15, 0.2) is 11.5 Å². The average Bonchev–Trinajstić information content (AvgIpc) is 3.45. The van der Waals surface area contributed by atoms with Crippen LogP contribution in [0.15, 0.2) is 78.4 Å². The molecule has 11 nitrogen and oxygen atoms in total. The van der Waals surface area contributed by atoms with Gasteiger partial charge in [0.25, 0.3) is 5.69 Å². The van der Waals surface area contributed by atoms with Gasteiger partial charge in [-0.15, -0.1) is 0 Å². The highest BCUT2D eigenvalue weighted by Gasteiger charge is 2.67. The number of nitro groups is 1. The van der Waals surface area contributed by atoms with E-state index in [-0.39, 0.29) is 46.4 Å². The Balaban J connectivity index is 1.33. The molecular weight excluding hydrogens is 657 g/mol. The lowest BCUT2D eigenvalue weighted by atomic mass is 9.52. The van der Waals surface area contributed by atoms with E-state index in [4.69, 9.17) is 16.3 Å². The van der Waals surface area contributed by atoms with Crippen LogP contribution in [-0.4, -0.2) is 40.8 Å². The van der Waals surface area contributed by atoms with E-state index < -0.39 is 69.4 Å². The van der Waals surface area contributed by atoms with E-state index >= 15 is 0 Å². The molecule has 4 aliphatic rings. The minimum atomic E-state index is -1.34. The number of amides is 4. The van der Waals surface area contributed by atoms with Gasteiger partial charge in [0.05, 0.1) is 51.6 Å². The van der Waals surface area contributed by atoms with Crippen LogP contribution in [0.2, 0.25) is 5.02 Å². The standard InChI is InChI=1S/C36H29ClFN3O8/c1-36-25(11-6-18-7-13-29(42)30(14-18)49-2)22-9-10-23-31(34(45)39(32(23)43)19-4-3-5-21(15-19)41(47)48)24(22)17-26(36)33(44)40(35(36)46)20-8-12-28(38)27(37)16-20/h3-9,11-16,23-26,31,42H,10,17H2,1-2H3. The maximum absolute atomic E-state index is 14.4. The minimum absolute atomic E-state index is 0.0617. The maximum atomic E-state index is 14.4. The van der Waals surface area contributed by atoms with E-state index in [2.05, 4.69) is 0 Å². The zero-order chi connectivity index (χ0) is 34.9. The van der Waals surface area contributed by atoms with Crippen molar-refractivity contribution in [1.29, 1.82) is 0 Å². The molecular formula is C36H29ClFN3O8. The van der Waals surface area contributed by atoms with E-state index in [0.29, 0.717) is 5.56 Å². The van der Waals surface area contributed by atoms with Gasteiger partial charge in [0, 0.05) is 18.1 Å². The monoisotopic (exact) mass is 685 g/mol. The Bertz CT molecular complexity index is 2050. The van der Waals surface area contributed by atoms with Crippen molar-refractivity contribution in [1.82, 2.24) is 0 Å². The van der Waals surface area contributed by atoms with Crippen LogP contribution in [0.1, 0.15) is 25.3 Å². The van der Waals surface area contributed by atoms with Gasteiger partial charge in [-0.3, -0.25) is 29.3 Å². The highest BCUT2D eigenvalue weighted by Crippen LogP contribution is 2.61. The number of carbonyl (C=O) groups is 4. The van der Waals surface area contributed by atoms with Gasteiger partial charge in [0.2, 0.25) is 23.6 Å². The molecule has 0 bridgehead atoms. The second-order valence-electron chi connectivity index (χ2n) is 12.9. The Kier molecular flexibility index (Phi) is 7.66. The van der Waals surface area contributed by atoms with Crippen molar-refractivity contribution in [2.45, 2.75) is 19.8 Å². The first-order chi connectivity index (χ1) is 23.4. The zero-order valence-corrected chi connectivity index (χ0v) is 27.0. The Morgan fingerprint density at radius 1 is 1.00 bits per heavy atom. The molecule has 4 amide bonds. The molecule has 6 atom stereocenters. The van der Waals surface area contributed by atoms with Crippen molar-refractivity contribution >= 4 is 58.4 Å². The topological polar surface area (TPSA) is 147 Å². The number of nitrogens with zero attached hydrogens (tertiary/aromatic N) is 3. The lowest BCUT2D eigenvalue weighted by Gasteiger charge is -2.47. The molecule has 250 valence electrons. The summed E-state index contributed by atoms with van der Waals surface area (Å²) in [6.07, 6.45) is 5.68. The van der Waals surface area contributed by atoms with Crippen LogP contribution in [0.4, 0.5) is 21.5 Å². The van der Waals surface area contributed by atoms with Crippen LogP contribution in [0, 0.1) is 50.9 Å². The summed E-state index contributed by atoms with van der Waals surface area (Å²) in [6.45, 7) is 1.70. The molecule has 2 aliphatic carbocycles. The summed E-state index contributed by atoms with van der Waals surface area (Å²) >= 11 is 6.05. The number of rotatable bonds is 6. The average molecular weight is 686 g/mol. The number of nitro benzene ring substituents is 1. The Morgan fingerprint density at radius 2 is 1.76 bits per heavy atom. The Hall–Kier alpha value is -5.36. The number of hydrogen-bond acceptors (Lipinski definition) is 8. The first-order valence-corrected chi connectivity index (χ1v) is 16.0. The van der Waals surface area contributed by atoms with Crippen molar-refractivity contribution in [2.24, 2.45) is 35.0 Å². The molecule has 1 saturated carbocycles. The molecule has 3 aromatic carbocycles. The number of phenols is 1. The van der Waals surface area contributed by atoms with Crippen LogP contribution in [0.5, 0.6) is 11.5 Å². The summed E-state index contributed by atoms with van der Waals surface area (Å²) in [5, 5.41) is 21.3. The molecule has 2 heterocycles. The van der Waals surface area contributed by atoms with Gasteiger partial charge < -0.3 is 9.84 Å². The number of carbonyl (C=O) groups excluding carboxylic acids is 4. The normalized spacial score (nSPS) is 27.7. The van der Waals surface area contributed by atoms with Crippen LogP contribution in [0.25, 0.3) is 6.08 Å². The van der Waals surface area contributed by atoms with Crippen LogP contribution in [0.3, 0.4) is 0 Å². The van der Waals surface area contributed by atoms with Crippen molar-refractivity contribution in [2.75, 3.05) is 16.9 Å². The van der Waals surface area contributed by atoms with Crippen LogP contribution < -0.4 is 14.5 Å². The molecule has 3 aromatic rings. The van der Waals surface area contributed by atoms with Gasteiger partial charge in [-0.1, -0.05) is 47.5 Å². The highest BCUT2D eigenvalue weighted by molar-refractivity contribution is 6.31. The minimum Gasteiger partial charge on any atom is -0.504 e. The molecule has 3 fully saturated rings. The maximum Gasteiger partial charge on any atom is 0.271 e. The number of aromatic hydroxyl groups is 1. The van der Waals surface area contributed by atoms with E-state index in [1.807, 2.05) is 6.08 Å². The summed E-state index contributed by atoms with van der Waals surface area (Å²) in [5.41, 5.74) is -0.0480. The summed E-state index contributed by atoms with van der Waals surface area (Å²) in [7, 11) is 1.42. The van der Waals surface area contributed by atoms with Gasteiger partial charge in [-0.05, 0) is 67.6 Å². The summed E-state index contributed by atoms with van der Waals surface area (Å²) < 4.78 is 19.4. The van der Waals surface area contributed by atoms with Gasteiger partial charge in [-0.25, -0.2) is 14.2 Å². The zero-order valence-electron chi connectivity index (χ0n) is 26.2. The lowest BCUT2D eigenvalue weighted by molar-refractivity contribution is -0.384. The number of fused-ring (bicyclic) bond motifs is 4. The first-order valence-electron chi connectivity index (χ1n) is 15.6. The van der Waals surface area contributed by atoms with Gasteiger partial charge >= 0.3 is 0 Å². The number of phenolic OH excluding ortho intramolecular Hbond substituents is 1. The molecule has 1 N–H and O–H groups in total. The molecule has 49 heavy (non-hydrogen) atoms. The number of benzene rings is 3. The highest BCUT2D eigenvalue weighted by atomic mass is 35.5. The van der Waals surface area contributed by atoms with E-state index in [9.17, 15) is 38.8 Å². The quantitative estimate of drug-likeness (QED) is 0.142. The smallest absolute Gasteiger partial charge is 0.271 e. The number of non-ortho nitro benzene ring substituents is 1. The van der Waals surface area contributed by atoms with Crippen molar-refractivity contribution in [3.05, 3.63) is 105 Å². The molecule has 6 unspecified atom stereocenters. The third-order valence-corrected chi connectivity index (χ3v) is 10.8. The molecule has 7 rings (SSSR count). The molecule has 0 spiro atoms. The Morgan fingerprint density at radius 3 is 2.47 bits per heavy atom. The summed E-state index contributed by atoms with van der Waals surface area (Å²) in [4.78, 5) is 69.5. The number of anilines is 2. The molecule has 0 radical (unpaired) electrons. The largest absolute Gasteiger partial charge is 0.504 e. The second-order valence-corrected chi connectivity index (χ2v) is 13.3. The van der Waals surface area contributed by atoms with E-state index in [0.717, 1.165) is 21.4 Å². The van der Waals surface area contributed by atoms with Crippen molar-refractivity contribution in [3.63, 3.8) is 0 Å². The molecule has 0 aromatic heterocycles. The molecule has 2 saturated heterocycles. The molecule has 13 heteroatoms. The fraction of sp³-hybridized carbons (Fsp3) is 0.278. The number of methoxy groups -OCH3 is 1. The van der Waals surface area contributed by atoms with Gasteiger partial charge in [0.1, 0.15) is 5.82 Å². The number of allylic oxidation sites excluding steroid dienone is 3. The fourth-order valence-electron chi connectivity index (χ4n) is 8.09. The number of hydrogen-bond donors (Lipinski definition) is 1. The van der Waals surface area contributed by atoms with Crippen molar-refractivity contribution < 1.29 is 38.3 Å². The predicted octanol–water partition coefficient (Wildman–Crippen LogP) is 6.08. The summed E-state index contributed by atoms with van der Waals surface area (Å²) in [6, 6.07) is 13.7. The number of ether oxygens (including phenoxy) is 1.